The summed E-state index contributed by atoms with van der Waals surface area (Å²) in [4.78, 5) is 26.1. The number of amides is 2. The summed E-state index contributed by atoms with van der Waals surface area (Å²) < 4.78 is 24.4. The second kappa shape index (κ2) is 8.39. The number of sulfonamides is 1. The summed E-state index contributed by atoms with van der Waals surface area (Å²) in [6.45, 7) is 8.00. The van der Waals surface area contributed by atoms with Crippen LogP contribution in [-0.4, -0.2) is 68.4 Å². The van der Waals surface area contributed by atoms with Crippen molar-refractivity contribution in [2.75, 3.05) is 39.0 Å². The monoisotopic (exact) mass is 395 g/mol. The van der Waals surface area contributed by atoms with Crippen molar-refractivity contribution < 1.29 is 18.0 Å². The maximum Gasteiger partial charge on any atom is 0.251 e. The average Bonchev–Trinajstić information content (AvgIpc) is 2.60. The second-order valence-corrected chi connectivity index (χ2v) is 9.86. The molecule has 2 rings (SSSR count). The Morgan fingerprint density at radius 1 is 1.04 bits per heavy atom. The molecule has 1 saturated heterocycles. The van der Waals surface area contributed by atoms with Crippen LogP contribution in [0.5, 0.6) is 0 Å². The van der Waals surface area contributed by atoms with Crippen molar-refractivity contribution in [3.63, 3.8) is 0 Å². The van der Waals surface area contributed by atoms with Crippen LogP contribution in [0.1, 0.15) is 43.1 Å². The average molecular weight is 396 g/mol. The molecule has 0 spiro atoms. The molecule has 1 aromatic rings. The molecule has 0 unspecified atom stereocenters. The molecule has 27 heavy (non-hydrogen) atoms. The zero-order valence-corrected chi connectivity index (χ0v) is 17.3. The molecule has 7 nitrogen and oxygen atoms in total. The smallest absolute Gasteiger partial charge is 0.251 e. The third-order valence-electron chi connectivity index (χ3n) is 4.70. The van der Waals surface area contributed by atoms with Gasteiger partial charge in [0.2, 0.25) is 15.9 Å². The minimum atomic E-state index is -3.21. The van der Waals surface area contributed by atoms with Crippen LogP contribution in [0.2, 0.25) is 0 Å². The highest BCUT2D eigenvalue weighted by atomic mass is 32.2. The molecular formula is C19H29N3O4S. The summed E-state index contributed by atoms with van der Waals surface area (Å²) in [5.41, 5.74) is 1.75. The molecule has 0 saturated carbocycles. The van der Waals surface area contributed by atoms with E-state index < -0.39 is 10.0 Å². The molecule has 1 N–H and O–H groups in total. The van der Waals surface area contributed by atoms with Crippen LogP contribution in [0, 0.1) is 0 Å². The van der Waals surface area contributed by atoms with Gasteiger partial charge in [-0.15, -0.1) is 0 Å². The number of hydrogen-bond donors (Lipinski definition) is 1. The van der Waals surface area contributed by atoms with Crippen molar-refractivity contribution in [2.24, 2.45) is 0 Å². The molecule has 0 atom stereocenters. The van der Waals surface area contributed by atoms with Crippen molar-refractivity contribution in [3.05, 3.63) is 35.4 Å². The summed E-state index contributed by atoms with van der Waals surface area (Å²) in [6.07, 6.45) is 1.37. The lowest BCUT2D eigenvalue weighted by atomic mass is 9.87. The summed E-state index contributed by atoms with van der Waals surface area (Å²) in [6, 6.07) is 7.48. The topological polar surface area (TPSA) is 86.8 Å². The van der Waals surface area contributed by atoms with Crippen LogP contribution >= 0.6 is 0 Å². The number of nitrogens with zero attached hydrogens (tertiary/aromatic N) is 2. The number of hydrogen-bond acceptors (Lipinski definition) is 4. The Bertz CT molecular complexity index is 774. The van der Waals surface area contributed by atoms with Crippen molar-refractivity contribution in [2.45, 2.75) is 32.6 Å². The van der Waals surface area contributed by atoms with E-state index in [9.17, 15) is 18.0 Å². The first kappa shape index (κ1) is 21.4. The van der Waals surface area contributed by atoms with E-state index >= 15 is 0 Å². The van der Waals surface area contributed by atoms with Gasteiger partial charge in [-0.2, -0.15) is 4.31 Å². The number of carbonyl (C=O) groups is 2. The summed E-state index contributed by atoms with van der Waals surface area (Å²) in [7, 11) is -3.21. The first-order chi connectivity index (χ1) is 12.5. The van der Waals surface area contributed by atoms with Gasteiger partial charge < -0.3 is 10.2 Å². The van der Waals surface area contributed by atoms with Crippen LogP contribution in [0.25, 0.3) is 0 Å². The van der Waals surface area contributed by atoms with Gasteiger partial charge in [0.05, 0.1) is 6.26 Å². The lowest BCUT2D eigenvalue weighted by Crippen LogP contribution is -2.50. The highest BCUT2D eigenvalue weighted by molar-refractivity contribution is 7.88. The number of piperazine rings is 1. The van der Waals surface area contributed by atoms with Gasteiger partial charge in [0.1, 0.15) is 0 Å². The maximum absolute atomic E-state index is 12.2. The SMILES string of the molecule is CC(C)(C)c1ccc(C(=O)NCCC(=O)N2CCN(S(C)(=O)=O)CC2)cc1. The van der Waals surface area contributed by atoms with Gasteiger partial charge in [0, 0.05) is 44.7 Å². The zero-order chi connectivity index (χ0) is 20.2. The first-order valence-corrected chi connectivity index (χ1v) is 10.9. The van der Waals surface area contributed by atoms with Crippen molar-refractivity contribution >= 4 is 21.8 Å². The number of rotatable bonds is 5. The minimum Gasteiger partial charge on any atom is -0.352 e. The predicted molar refractivity (Wildman–Crippen MR) is 105 cm³/mol. The van der Waals surface area contributed by atoms with Gasteiger partial charge in [0.25, 0.3) is 5.91 Å². The Morgan fingerprint density at radius 2 is 1.59 bits per heavy atom. The van der Waals surface area contributed by atoms with Crippen LogP contribution < -0.4 is 5.32 Å². The van der Waals surface area contributed by atoms with Crippen molar-refractivity contribution in [3.8, 4) is 0 Å². The van der Waals surface area contributed by atoms with Crippen molar-refractivity contribution in [1.29, 1.82) is 0 Å². The Hall–Kier alpha value is -1.93. The molecule has 8 heteroatoms. The molecule has 0 aromatic heterocycles. The number of benzene rings is 1. The van der Waals surface area contributed by atoms with E-state index in [0.29, 0.717) is 31.7 Å². The molecule has 0 radical (unpaired) electrons. The molecule has 1 fully saturated rings. The van der Waals surface area contributed by atoms with Gasteiger partial charge in [-0.25, -0.2) is 8.42 Å². The van der Waals surface area contributed by atoms with E-state index in [4.69, 9.17) is 0 Å². The highest BCUT2D eigenvalue weighted by Gasteiger charge is 2.25. The molecule has 1 heterocycles. The third-order valence-corrected chi connectivity index (χ3v) is 6.00. The molecular weight excluding hydrogens is 366 g/mol. The van der Waals surface area contributed by atoms with Crippen LogP contribution in [0.15, 0.2) is 24.3 Å². The van der Waals surface area contributed by atoms with Crippen LogP contribution in [-0.2, 0) is 20.2 Å². The highest BCUT2D eigenvalue weighted by Crippen LogP contribution is 2.22. The van der Waals surface area contributed by atoms with Gasteiger partial charge in [0.15, 0.2) is 0 Å². The van der Waals surface area contributed by atoms with E-state index in [1.165, 1.54) is 10.6 Å². The molecule has 2 amide bonds. The molecule has 1 aliphatic heterocycles. The predicted octanol–water partition coefficient (Wildman–Crippen LogP) is 1.21. The van der Waals surface area contributed by atoms with E-state index in [1.54, 1.807) is 17.0 Å². The van der Waals surface area contributed by atoms with Gasteiger partial charge in [-0.3, -0.25) is 9.59 Å². The Balaban J connectivity index is 1.77. The maximum atomic E-state index is 12.2. The number of carbonyl (C=O) groups excluding carboxylic acids is 2. The third kappa shape index (κ3) is 6.04. The molecule has 1 aliphatic rings. The normalized spacial score (nSPS) is 16.2. The Morgan fingerprint density at radius 3 is 2.07 bits per heavy atom. The molecule has 0 bridgehead atoms. The summed E-state index contributed by atoms with van der Waals surface area (Å²) >= 11 is 0. The van der Waals surface area contributed by atoms with E-state index in [2.05, 4.69) is 26.1 Å². The van der Waals surface area contributed by atoms with Gasteiger partial charge in [-0.1, -0.05) is 32.9 Å². The lowest BCUT2D eigenvalue weighted by Gasteiger charge is -2.33. The molecule has 150 valence electrons. The zero-order valence-electron chi connectivity index (χ0n) is 16.5. The van der Waals surface area contributed by atoms with Crippen LogP contribution in [0.4, 0.5) is 0 Å². The number of nitrogens with one attached hydrogen (secondary N) is 1. The molecule has 0 aliphatic carbocycles. The lowest BCUT2D eigenvalue weighted by molar-refractivity contribution is -0.132. The Labute approximate surface area is 161 Å². The fourth-order valence-corrected chi connectivity index (χ4v) is 3.76. The summed E-state index contributed by atoms with van der Waals surface area (Å²) in [5.74, 6) is -0.281. The minimum absolute atomic E-state index is 0.0303. The van der Waals surface area contributed by atoms with Gasteiger partial charge in [-0.05, 0) is 23.1 Å². The largest absolute Gasteiger partial charge is 0.352 e. The second-order valence-electron chi connectivity index (χ2n) is 7.88. The first-order valence-electron chi connectivity index (χ1n) is 9.10. The van der Waals surface area contributed by atoms with Gasteiger partial charge >= 0.3 is 0 Å². The quantitative estimate of drug-likeness (QED) is 0.812. The molecule has 1 aromatic carbocycles. The summed E-state index contributed by atoms with van der Waals surface area (Å²) in [5, 5.41) is 2.77. The van der Waals surface area contributed by atoms with Crippen molar-refractivity contribution in [1.82, 2.24) is 14.5 Å². The Kier molecular flexibility index (Phi) is 6.64. The van der Waals surface area contributed by atoms with Crippen LogP contribution in [0.3, 0.4) is 0 Å². The van der Waals surface area contributed by atoms with E-state index in [0.717, 1.165) is 5.56 Å². The fraction of sp³-hybridized carbons (Fsp3) is 0.579. The standard InChI is InChI=1S/C19H29N3O4S/c1-19(2,3)16-7-5-15(6-8-16)18(24)20-10-9-17(23)21-11-13-22(14-12-21)27(4,25)26/h5-8H,9-14H2,1-4H3,(H,20,24). The van der Waals surface area contributed by atoms with E-state index in [-0.39, 0.29) is 30.2 Å². The fourth-order valence-electron chi connectivity index (χ4n) is 2.93. The van der Waals surface area contributed by atoms with E-state index in [1.807, 2.05) is 12.1 Å².